The van der Waals surface area contributed by atoms with Gasteiger partial charge in [0, 0.05) is 23.2 Å². The number of benzene rings is 2. The van der Waals surface area contributed by atoms with E-state index in [1.54, 1.807) is 18.2 Å². The second-order valence-electron chi connectivity index (χ2n) is 8.16. The van der Waals surface area contributed by atoms with Crippen LogP contribution in [0.3, 0.4) is 0 Å². The van der Waals surface area contributed by atoms with Crippen molar-refractivity contribution >= 4 is 40.2 Å². The van der Waals surface area contributed by atoms with Crippen LogP contribution in [0.15, 0.2) is 65.6 Å². The maximum Gasteiger partial charge on any atom is 0.300 e. The summed E-state index contributed by atoms with van der Waals surface area (Å²) in [5.74, 6) is -0.779. The quantitative estimate of drug-likeness (QED) is 0.345. The Kier molecular flexibility index (Phi) is 5.42. The molecule has 1 unspecified atom stereocenters. The van der Waals surface area contributed by atoms with E-state index in [4.69, 9.17) is 4.74 Å². The molecule has 1 amide bonds. The van der Waals surface area contributed by atoms with Crippen LogP contribution >= 0.6 is 11.3 Å². The fourth-order valence-corrected chi connectivity index (χ4v) is 5.18. The van der Waals surface area contributed by atoms with Gasteiger partial charge in [-0.25, -0.2) is 0 Å². The van der Waals surface area contributed by atoms with E-state index in [1.165, 1.54) is 16.2 Å². The molecule has 0 saturated carbocycles. The monoisotopic (exact) mass is 460 g/mol. The molecule has 1 N–H and O–H groups in total. The minimum absolute atomic E-state index is 0.0985. The third-order valence-corrected chi connectivity index (χ3v) is 7.13. The summed E-state index contributed by atoms with van der Waals surface area (Å²) in [4.78, 5) is 30.8. The number of likely N-dealkylation sites (N-methyl/N-ethyl adjacent to an activating group) is 1. The predicted octanol–water partition coefficient (Wildman–Crippen LogP) is 4.77. The second kappa shape index (κ2) is 8.41. The fourth-order valence-electron chi connectivity index (χ4n) is 4.36. The molecule has 1 saturated heterocycles. The molecular weight excluding hydrogens is 436 g/mol. The van der Waals surface area contributed by atoms with Crippen LogP contribution in [0.5, 0.6) is 5.75 Å². The Morgan fingerprint density at radius 1 is 1.15 bits per heavy atom. The van der Waals surface area contributed by atoms with Gasteiger partial charge in [-0.1, -0.05) is 25.1 Å². The molecule has 3 heterocycles. The zero-order chi connectivity index (χ0) is 23.1. The number of ether oxygens (including phenoxy) is 1. The third kappa shape index (κ3) is 3.58. The van der Waals surface area contributed by atoms with Gasteiger partial charge >= 0.3 is 0 Å². The zero-order valence-corrected chi connectivity index (χ0v) is 19.3. The number of aliphatic hydroxyl groups is 1. The summed E-state index contributed by atoms with van der Waals surface area (Å²) in [5.41, 5.74) is 3.18. The first-order valence-corrected chi connectivity index (χ1v) is 11.8. The SMILES string of the molecule is CCc1ccc(N2C(=O)C(=O)/C(=C(\O)c3ccc4c(c3)N(C)CCO4)C2c2cccs2)cc1. The van der Waals surface area contributed by atoms with Gasteiger partial charge in [0.2, 0.25) is 0 Å². The number of Topliss-reactive ketones (excluding diaryl/α,β-unsaturated/α-hetero) is 1. The average Bonchev–Trinajstić information content (AvgIpc) is 3.46. The highest BCUT2D eigenvalue weighted by atomic mass is 32.1. The number of rotatable bonds is 4. The lowest BCUT2D eigenvalue weighted by Gasteiger charge is -2.28. The van der Waals surface area contributed by atoms with E-state index in [0.717, 1.165) is 34.8 Å². The number of aryl methyl sites for hydroxylation is 1. The van der Waals surface area contributed by atoms with E-state index >= 15 is 0 Å². The molecule has 3 aromatic rings. The number of anilines is 2. The molecule has 1 fully saturated rings. The summed E-state index contributed by atoms with van der Waals surface area (Å²) in [6.45, 7) is 3.38. The lowest BCUT2D eigenvalue weighted by atomic mass is 9.99. The van der Waals surface area contributed by atoms with Crippen LogP contribution in [0.1, 0.15) is 29.0 Å². The lowest BCUT2D eigenvalue weighted by molar-refractivity contribution is -0.132. The molecule has 5 rings (SSSR count). The molecule has 1 aromatic heterocycles. The van der Waals surface area contributed by atoms with E-state index in [9.17, 15) is 14.7 Å². The highest BCUT2D eigenvalue weighted by molar-refractivity contribution is 7.10. The molecule has 168 valence electrons. The lowest BCUT2D eigenvalue weighted by Crippen LogP contribution is -2.29. The molecule has 0 radical (unpaired) electrons. The number of hydrogen-bond acceptors (Lipinski definition) is 6. The van der Waals surface area contributed by atoms with Gasteiger partial charge in [-0.15, -0.1) is 11.3 Å². The fraction of sp³-hybridized carbons (Fsp3) is 0.231. The standard InChI is InChI=1S/C26H24N2O4S/c1-3-16-6-9-18(10-7-16)28-23(21-5-4-14-33-21)22(25(30)26(28)31)24(29)17-8-11-20-19(15-17)27(2)12-13-32-20/h4-11,14-15,23,29H,3,12-13H2,1-2H3/b24-22-. The average molecular weight is 461 g/mol. The first kappa shape index (κ1) is 21.3. The normalized spacial score (nSPS) is 19.5. The number of nitrogens with zero attached hydrogens (tertiary/aromatic N) is 2. The smallest absolute Gasteiger partial charge is 0.300 e. The van der Waals surface area contributed by atoms with E-state index in [2.05, 4.69) is 6.92 Å². The van der Waals surface area contributed by atoms with Crippen molar-refractivity contribution < 1.29 is 19.4 Å². The van der Waals surface area contributed by atoms with E-state index < -0.39 is 17.7 Å². The van der Waals surface area contributed by atoms with Gasteiger partial charge in [0.1, 0.15) is 24.2 Å². The van der Waals surface area contributed by atoms with Gasteiger partial charge < -0.3 is 14.7 Å². The maximum absolute atomic E-state index is 13.2. The van der Waals surface area contributed by atoms with Crippen LogP contribution in [-0.2, 0) is 16.0 Å². The number of ketones is 1. The molecular formula is C26H24N2O4S. The highest BCUT2D eigenvalue weighted by Gasteiger charge is 2.47. The molecule has 33 heavy (non-hydrogen) atoms. The van der Waals surface area contributed by atoms with Gasteiger partial charge in [0.05, 0.1) is 17.8 Å². The summed E-state index contributed by atoms with van der Waals surface area (Å²) in [7, 11) is 1.95. The number of hydrogen-bond donors (Lipinski definition) is 1. The van der Waals surface area contributed by atoms with Gasteiger partial charge in [-0.2, -0.15) is 0 Å². The zero-order valence-electron chi connectivity index (χ0n) is 18.4. The van der Waals surface area contributed by atoms with E-state index in [0.29, 0.717) is 17.9 Å². The van der Waals surface area contributed by atoms with Crippen LogP contribution in [0.2, 0.25) is 0 Å². The molecule has 0 spiro atoms. The summed E-state index contributed by atoms with van der Waals surface area (Å²) in [5, 5.41) is 13.2. The van der Waals surface area contributed by atoms with Gasteiger partial charge in [-0.3, -0.25) is 14.5 Å². The molecule has 0 bridgehead atoms. The Bertz CT molecular complexity index is 1250. The third-order valence-electron chi connectivity index (χ3n) is 6.21. The summed E-state index contributed by atoms with van der Waals surface area (Å²) in [6, 6.07) is 16.0. The van der Waals surface area contributed by atoms with Crippen molar-refractivity contribution in [3.05, 3.63) is 81.6 Å². The van der Waals surface area contributed by atoms with Crippen molar-refractivity contribution in [3.63, 3.8) is 0 Å². The van der Waals surface area contributed by atoms with Gasteiger partial charge in [0.25, 0.3) is 11.7 Å². The van der Waals surface area contributed by atoms with Crippen molar-refractivity contribution in [3.8, 4) is 5.75 Å². The van der Waals surface area contributed by atoms with Crippen molar-refractivity contribution in [2.75, 3.05) is 30.0 Å². The Balaban J connectivity index is 1.65. The van der Waals surface area contributed by atoms with Crippen molar-refractivity contribution in [2.24, 2.45) is 0 Å². The molecule has 2 aromatic carbocycles. The van der Waals surface area contributed by atoms with Gasteiger partial charge in [-0.05, 0) is 53.8 Å². The van der Waals surface area contributed by atoms with Crippen LogP contribution in [0.25, 0.3) is 5.76 Å². The minimum atomic E-state index is -0.692. The predicted molar refractivity (Wildman–Crippen MR) is 130 cm³/mol. The van der Waals surface area contributed by atoms with Gasteiger partial charge in [0.15, 0.2) is 0 Å². The second-order valence-corrected chi connectivity index (χ2v) is 9.14. The van der Waals surface area contributed by atoms with E-state index in [1.807, 2.05) is 53.7 Å². The first-order chi connectivity index (χ1) is 16.0. The molecule has 7 heteroatoms. The van der Waals surface area contributed by atoms with Crippen LogP contribution in [-0.4, -0.2) is 37.0 Å². The Hall–Kier alpha value is -3.58. The maximum atomic E-state index is 13.2. The van der Waals surface area contributed by atoms with Crippen molar-refractivity contribution in [1.82, 2.24) is 0 Å². The summed E-state index contributed by atoms with van der Waals surface area (Å²) in [6.07, 6.45) is 0.879. The number of carbonyl (C=O) groups excluding carboxylic acids is 2. The summed E-state index contributed by atoms with van der Waals surface area (Å²) < 4.78 is 5.70. The van der Waals surface area contributed by atoms with Crippen molar-refractivity contribution in [1.29, 1.82) is 0 Å². The Morgan fingerprint density at radius 2 is 1.94 bits per heavy atom. The largest absolute Gasteiger partial charge is 0.507 e. The number of fused-ring (bicyclic) bond motifs is 1. The van der Waals surface area contributed by atoms with E-state index in [-0.39, 0.29) is 11.3 Å². The summed E-state index contributed by atoms with van der Waals surface area (Å²) >= 11 is 1.45. The minimum Gasteiger partial charge on any atom is -0.507 e. The number of amides is 1. The molecule has 2 aliphatic heterocycles. The molecule has 1 atom stereocenters. The first-order valence-electron chi connectivity index (χ1n) is 10.9. The van der Waals surface area contributed by atoms with Crippen LogP contribution in [0, 0.1) is 0 Å². The Labute approximate surface area is 196 Å². The van der Waals surface area contributed by atoms with Crippen LogP contribution < -0.4 is 14.5 Å². The highest BCUT2D eigenvalue weighted by Crippen LogP contribution is 2.44. The van der Waals surface area contributed by atoms with Crippen molar-refractivity contribution in [2.45, 2.75) is 19.4 Å². The van der Waals surface area contributed by atoms with Crippen LogP contribution in [0.4, 0.5) is 11.4 Å². The molecule has 2 aliphatic rings. The number of thiophene rings is 1. The molecule has 0 aliphatic carbocycles. The Morgan fingerprint density at radius 3 is 2.64 bits per heavy atom. The molecule has 6 nitrogen and oxygen atoms in total. The topological polar surface area (TPSA) is 70.1 Å². The number of carbonyl (C=O) groups is 2. The number of aliphatic hydroxyl groups excluding tert-OH is 1.